The predicted octanol–water partition coefficient (Wildman–Crippen LogP) is 5.52. The van der Waals surface area contributed by atoms with Crippen LogP contribution in [0.3, 0.4) is 0 Å². The van der Waals surface area contributed by atoms with Gasteiger partial charge in [0.15, 0.2) is 0 Å². The predicted molar refractivity (Wildman–Crippen MR) is 119 cm³/mol. The molecule has 0 heterocycles. The van der Waals surface area contributed by atoms with Crippen molar-refractivity contribution in [3.63, 3.8) is 0 Å². The fourth-order valence-electron chi connectivity index (χ4n) is 3.45. The Morgan fingerprint density at radius 3 is 2.00 bits per heavy atom. The number of rotatable bonds is 7. The molecule has 28 heavy (non-hydrogen) atoms. The van der Waals surface area contributed by atoms with E-state index in [4.69, 9.17) is 0 Å². The minimum Gasteiger partial charge on any atom is -0.507 e. The number of phenolic OH excluding ortho intramolecular Hbond substituents is 2. The Kier molecular flexibility index (Phi) is 6.76. The maximum absolute atomic E-state index is 10.7. The molecule has 0 aliphatic heterocycles. The Labute approximate surface area is 175 Å². The van der Waals surface area contributed by atoms with Crippen molar-refractivity contribution in [1.82, 2.24) is 5.32 Å². The normalized spacial score (nSPS) is 11.0. The number of halogens is 1. The molecule has 0 amide bonds. The van der Waals surface area contributed by atoms with Crippen molar-refractivity contribution < 1.29 is 10.2 Å². The second-order valence-electron chi connectivity index (χ2n) is 7.19. The summed E-state index contributed by atoms with van der Waals surface area (Å²) in [5.41, 5.74) is 6.05. The Bertz CT molecular complexity index is 955. The molecule has 0 unspecified atom stereocenters. The Morgan fingerprint density at radius 2 is 1.36 bits per heavy atom. The number of aryl methyl sites for hydroxylation is 2. The molecule has 3 nitrogen and oxygen atoms in total. The summed E-state index contributed by atoms with van der Waals surface area (Å²) >= 11 is 3.39. The number of benzene rings is 3. The van der Waals surface area contributed by atoms with Crippen molar-refractivity contribution in [2.75, 3.05) is 13.1 Å². The van der Waals surface area contributed by atoms with E-state index >= 15 is 0 Å². The van der Waals surface area contributed by atoms with Crippen LogP contribution in [0.2, 0.25) is 0 Å². The highest BCUT2D eigenvalue weighted by Crippen LogP contribution is 2.33. The van der Waals surface area contributed by atoms with E-state index in [0.29, 0.717) is 11.5 Å². The van der Waals surface area contributed by atoms with Gasteiger partial charge in [0.05, 0.1) is 4.47 Å². The van der Waals surface area contributed by atoms with E-state index < -0.39 is 0 Å². The highest BCUT2D eigenvalue weighted by atomic mass is 79.9. The summed E-state index contributed by atoms with van der Waals surface area (Å²) in [7, 11) is 0. The molecule has 3 rings (SSSR count). The van der Waals surface area contributed by atoms with Crippen LogP contribution >= 0.6 is 15.9 Å². The lowest BCUT2D eigenvalue weighted by Crippen LogP contribution is -2.20. The van der Waals surface area contributed by atoms with Crippen LogP contribution in [0.5, 0.6) is 11.5 Å². The Hall–Kier alpha value is -2.30. The average Bonchev–Trinajstić information content (AvgIpc) is 2.68. The van der Waals surface area contributed by atoms with E-state index in [1.807, 2.05) is 61.5 Å². The molecular weight excluding hydrogens is 414 g/mol. The SMILES string of the molecule is Cc1cc(Br)c(O)c(CCNCCc2cc(C)cc(-c3ccccc3)c2O)c1. The van der Waals surface area contributed by atoms with Gasteiger partial charge in [0.2, 0.25) is 0 Å². The summed E-state index contributed by atoms with van der Waals surface area (Å²) in [5, 5.41) is 24.3. The van der Waals surface area contributed by atoms with E-state index in [2.05, 4.69) is 28.2 Å². The van der Waals surface area contributed by atoms with Crippen LogP contribution in [0.15, 0.2) is 59.1 Å². The van der Waals surface area contributed by atoms with Crippen molar-refractivity contribution in [1.29, 1.82) is 0 Å². The van der Waals surface area contributed by atoms with E-state index in [1.54, 1.807) is 0 Å². The second-order valence-corrected chi connectivity index (χ2v) is 8.05. The fraction of sp³-hybridized carbons (Fsp3) is 0.250. The highest BCUT2D eigenvalue weighted by molar-refractivity contribution is 9.10. The van der Waals surface area contributed by atoms with Gasteiger partial charge in [-0.15, -0.1) is 0 Å². The molecule has 0 saturated carbocycles. The van der Waals surface area contributed by atoms with Gasteiger partial charge in [0.1, 0.15) is 11.5 Å². The third-order valence-corrected chi connectivity index (χ3v) is 5.45. The topological polar surface area (TPSA) is 52.5 Å². The zero-order chi connectivity index (χ0) is 20.1. The summed E-state index contributed by atoms with van der Waals surface area (Å²) in [6, 6.07) is 18.0. The van der Waals surface area contributed by atoms with Gasteiger partial charge < -0.3 is 15.5 Å². The first-order valence-electron chi connectivity index (χ1n) is 9.52. The van der Waals surface area contributed by atoms with Gasteiger partial charge >= 0.3 is 0 Å². The number of hydrogen-bond donors (Lipinski definition) is 3. The highest BCUT2D eigenvalue weighted by Gasteiger charge is 2.11. The van der Waals surface area contributed by atoms with E-state index in [-0.39, 0.29) is 0 Å². The van der Waals surface area contributed by atoms with Crippen molar-refractivity contribution in [3.8, 4) is 22.6 Å². The molecule has 0 aromatic heterocycles. The quantitative estimate of drug-likeness (QED) is 0.424. The van der Waals surface area contributed by atoms with Crippen LogP contribution in [0, 0.1) is 13.8 Å². The molecule has 0 radical (unpaired) electrons. The van der Waals surface area contributed by atoms with Gasteiger partial charge in [0.25, 0.3) is 0 Å². The van der Waals surface area contributed by atoms with Gasteiger partial charge in [-0.3, -0.25) is 0 Å². The van der Waals surface area contributed by atoms with Gasteiger partial charge in [0, 0.05) is 5.56 Å². The van der Waals surface area contributed by atoms with Crippen LogP contribution in [0.25, 0.3) is 11.1 Å². The molecular formula is C24H26BrNO2. The molecule has 0 spiro atoms. The maximum Gasteiger partial charge on any atom is 0.133 e. The molecule has 3 N–H and O–H groups in total. The van der Waals surface area contributed by atoms with Crippen molar-refractivity contribution in [3.05, 3.63) is 81.3 Å². The first kappa shape index (κ1) is 20.4. The van der Waals surface area contributed by atoms with Crippen molar-refractivity contribution >= 4 is 15.9 Å². The largest absolute Gasteiger partial charge is 0.507 e. The number of aromatic hydroxyl groups is 2. The second kappa shape index (κ2) is 9.26. The lowest BCUT2D eigenvalue weighted by atomic mass is 9.97. The van der Waals surface area contributed by atoms with Gasteiger partial charge in [-0.2, -0.15) is 0 Å². The fourth-order valence-corrected chi connectivity index (χ4v) is 4.07. The van der Waals surface area contributed by atoms with Crippen LogP contribution in [-0.2, 0) is 12.8 Å². The summed E-state index contributed by atoms with van der Waals surface area (Å²) in [5.74, 6) is 0.676. The molecule has 3 aromatic carbocycles. The van der Waals surface area contributed by atoms with Crippen LogP contribution < -0.4 is 5.32 Å². The van der Waals surface area contributed by atoms with Gasteiger partial charge in [-0.25, -0.2) is 0 Å². The standard InChI is InChI=1S/C24H26BrNO2/c1-16-12-19(23(27)21(14-16)18-6-4-3-5-7-18)8-10-26-11-9-20-13-17(2)15-22(25)24(20)28/h3-7,12-15,26-28H,8-11H2,1-2H3. The maximum atomic E-state index is 10.7. The van der Waals surface area contributed by atoms with Crippen molar-refractivity contribution in [2.24, 2.45) is 0 Å². The van der Waals surface area contributed by atoms with E-state index in [1.165, 1.54) is 0 Å². The molecule has 0 aliphatic rings. The third-order valence-electron chi connectivity index (χ3n) is 4.85. The Balaban J connectivity index is 1.61. The molecule has 0 fully saturated rings. The summed E-state index contributed by atoms with van der Waals surface area (Å²) in [4.78, 5) is 0. The number of hydrogen-bond acceptors (Lipinski definition) is 3. The number of phenols is 2. The van der Waals surface area contributed by atoms with Crippen molar-refractivity contribution in [2.45, 2.75) is 26.7 Å². The first-order valence-corrected chi connectivity index (χ1v) is 10.3. The zero-order valence-electron chi connectivity index (χ0n) is 16.3. The van der Waals surface area contributed by atoms with E-state index in [9.17, 15) is 10.2 Å². The summed E-state index contributed by atoms with van der Waals surface area (Å²) < 4.78 is 0.737. The monoisotopic (exact) mass is 439 g/mol. The lowest BCUT2D eigenvalue weighted by molar-refractivity contribution is 0.462. The third kappa shape index (κ3) is 4.94. The molecule has 0 saturated heterocycles. The van der Waals surface area contributed by atoms with Crippen LogP contribution in [0.4, 0.5) is 0 Å². The van der Waals surface area contributed by atoms with Gasteiger partial charge in [-0.1, -0.05) is 42.5 Å². The minimum absolute atomic E-state index is 0.316. The lowest BCUT2D eigenvalue weighted by Gasteiger charge is -2.13. The first-order chi connectivity index (χ1) is 13.5. The van der Waals surface area contributed by atoms with Gasteiger partial charge in [-0.05, 0) is 95.7 Å². The molecule has 146 valence electrons. The van der Waals surface area contributed by atoms with Crippen LogP contribution in [0.1, 0.15) is 22.3 Å². The Morgan fingerprint density at radius 1 is 0.786 bits per heavy atom. The molecule has 0 bridgehead atoms. The number of nitrogens with one attached hydrogen (secondary N) is 1. The smallest absolute Gasteiger partial charge is 0.133 e. The van der Waals surface area contributed by atoms with Crippen LogP contribution in [-0.4, -0.2) is 23.3 Å². The summed E-state index contributed by atoms with van der Waals surface area (Å²) in [6.07, 6.45) is 1.50. The molecule has 0 atom stereocenters. The molecule has 4 heteroatoms. The molecule has 3 aromatic rings. The minimum atomic E-state index is 0.316. The molecule has 0 aliphatic carbocycles. The van der Waals surface area contributed by atoms with E-state index in [0.717, 1.165) is 63.8 Å². The summed E-state index contributed by atoms with van der Waals surface area (Å²) in [6.45, 7) is 5.60. The average molecular weight is 440 g/mol. The zero-order valence-corrected chi connectivity index (χ0v) is 17.9.